The molecule has 1 rings (SSSR count). The molecule has 0 aromatic carbocycles. The third-order valence-corrected chi connectivity index (χ3v) is 1.59. The van der Waals surface area contributed by atoms with Gasteiger partial charge in [0.05, 0.1) is 6.21 Å². The quantitative estimate of drug-likeness (QED) is 0.291. The lowest BCUT2D eigenvalue weighted by molar-refractivity contribution is 0.322. The van der Waals surface area contributed by atoms with Gasteiger partial charge in [0.1, 0.15) is 4.64 Å². The van der Waals surface area contributed by atoms with E-state index in [1.165, 1.54) is 6.21 Å². The van der Waals surface area contributed by atoms with Crippen molar-refractivity contribution >= 4 is 18.4 Å². The predicted octanol–water partition coefficient (Wildman–Crippen LogP) is 1.86. The Hall–Kier alpha value is -1.16. The number of nitrogens with one attached hydrogen (secondary N) is 1. The fraction of sp³-hybridized carbons (Fsp3) is 0.143. The largest absolute Gasteiger partial charge is 0.411 e. The Labute approximate surface area is 69.4 Å². The van der Waals surface area contributed by atoms with Gasteiger partial charge >= 0.3 is 0 Å². The molecule has 0 bridgehead atoms. The summed E-state index contributed by atoms with van der Waals surface area (Å²) >= 11 is 4.88. The standard InChI is InChI=1S/C7H8N2OS/c1-5-6(4-8-10)2-3-7(11)9-5/h2-4,10H,1H3,(H,9,11). The molecule has 1 heterocycles. The topological polar surface area (TPSA) is 48.4 Å². The van der Waals surface area contributed by atoms with Crippen molar-refractivity contribution < 1.29 is 5.21 Å². The first-order valence-electron chi connectivity index (χ1n) is 3.11. The Kier molecular flexibility index (Phi) is 2.38. The van der Waals surface area contributed by atoms with Crippen molar-refractivity contribution in [1.82, 2.24) is 4.98 Å². The molecule has 0 aliphatic heterocycles. The maximum Gasteiger partial charge on any atom is 0.103 e. The summed E-state index contributed by atoms with van der Waals surface area (Å²) in [5.41, 5.74) is 1.73. The number of hydrogen-bond acceptors (Lipinski definition) is 3. The van der Waals surface area contributed by atoms with E-state index in [-0.39, 0.29) is 0 Å². The molecule has 0 aliphatic carbocycles. The summed E-state index contributed by atoms with van der Waals surface area (Å²) in [5.74, 6) is 0. The summed E-state index contributed by atoms with van der Waals surface area (Å²) in [6.07, 6.45) is 1.36. The van der Waals surface area contributed by atoms with Gasteiger partial charge in [-0.1, -0.05) is 17.4 Å². The van der Waals surface area contributed by atoms with E-state index in [4.69, 9.17) is 17.4 Å². The fourth-order valence-electron chi connectivity index (χ4n) is 0.791. The Morgan fingerprint density at radius 2 is 2.36 bits per heavy atom. The average Bonchev–Trinajstić information content (AvgIpc) is 1.95. The molecule has 0 saturated carbocycles. The van der Waals surface area contributed by atoms with E-state index in [9.17, 15) is 0 Å². The highest BCUT2D eigenvalue weighted by atomic mass is 32.1. The van der Waals surface area contributed by atoms with Gasteiger partial charge in [-0.25, -0.2) is 0 Å². The maximum atomic E-state index is 8.24. The third-order valence-electron chi connectivity index (χ3n) is 1.35. The van der Waals surface area contributed by atoms with Gasteiger partial charge in [0.25, 0.3) is 0 Å². The molecular weight excluding hydrogens is 160 g/mol. The molecule has 2 N–H and O–H groups in total. The highest BCUT2D eigenvalue weighted by molar-refractivity contribution is 7.71. The van der Waals surface area contributed by atoms with Crippen LogP contribution in [-0.4, -0.2) is 16.4 Å². The minimum Gasteiger partial charge on any atom is -0.411 e. The second-order valence-corrected chi connectivity index (χ2v) is 2.59. The minimum atomic E-state index is 0.678. The number of hydrogen-bond donors (Lipinski definition) is 2. The van der Waals surface area contributed by atoms with Crippen LogP contribution in [0, 0.1) is 11.6 Å². The van der Waals surface area contributed by atoms with Gasteiger partial charge in [0.2, 0.25) is 0 Å². The van der Waals surface area contributed by atoms with E-state index in [0.29, 0.717) is 4.64 Å². The Morgan fingerprint density at radius 3 is 2.91 bits per heavy atom. The van der Waals surface area contributed by atoms with Crippen LogP contribution in [0.15, 0.2) is 17.3 Å². The number of H-pyrrole nitrogens is 1. The monoisotopic (exact) mass is 168 g/mol. The minimum absolute atomic E-state index is 0.678. The van der Waals surface area contributed by atoms with Gasteiger partial charge in [-0.05, 0) is 19.1 Å². The van der Waals surface area contributed by atoms with Crippen LogP contribution in [-0.2, 0) is 0 Å². The second-order valence-electron chi connectivity index (χ2n) is 2.15. The van der Waals surface area contributed by atoms with Crippen molar-refractivity contribution in [2.45, 2.75) is 6.92 Å². The highest BCUT2D eigenvalue weighted by Crippen LogP contribution is 2.00. The predicted molar refractivity (Wildman–Crippen MR) is 45.7 cm³/mol. The van der Waals surface area contributed by atoms with Crippen LogP contribution in [0.5, 0.6) is 0 Å². The molecule has 1 aromatic rings. The van der Waals surface area contributed by atoms with E-state index < -0.39 is 0 Å². The first-order valence-corrected chi connectivity index (χ1v) is 3.52. The Morgan fingerprint density at radius 1 is 1.64 bits per heavy atom. The molecular formula is C7H8N2OS. The summed E-state index contributed by atoms with van der Waals surface area (Å²) in [6, 6.07) is 3.55. The summed E-state index contributed by atoms with van der Waals surface area (Å²) in [4.78, 5) is 2.94. The van der Waals surface area contributed by atoms with Gasteiger partial charge in [-0.3, -0.25) is 0 Å². The van der Waals surface area contributed by atoms with Crippen LogP contribution >= 0.6 is 12.2 Å². The van der Waals surface area contributed by atoms with Gasteiger partial charge in [0.15, 0.2) is 0 Å². The zero-order valence-electron chi connectivity index (χ0n) is 6.03. The van der Waals surface area contributed by atoms with Gasteiger partial charge in [0, 0.05) is 11.3 Å². The lowest BCUT2D eigenvalue weighted by Crippen LogP contribution is -1.90. The molecule has 0 radical (unpaired) electrons. The van der Waals surface area contributed by atoms with Crippen LogP contribution in [0.1, 0.15) is 11.3 Å². The molecule has 1 aromatic heterocycles. The summed E-state index contributed by atoms with van der Waals surface area (Å²) in [5, 5.41) is 11.2. The number of rotatable bonds is 1. The molecule has 0 fully saturated rings. The number of nitrogens with zero attached hydrogens (tertiary/aromatic N) is 1. The van der Waals surface area contributed by atoms with E-state index in [0.717, 1.165) is 11.3 Å². The van der Waals surface area contributed by atoms with Crippen LogP contribution in [0.25, 0.3) is 0 Å². The average molecular weight is 168 g/mol. The van der Waals surface area contributed by atoms with Crippen LogP contribution < -0.4 is 0 Å². The summed E-state index contributed by atoms with van der Waals surface area (Å²) in [6.45, 7) is 1.87. The van der Waals surface area contributed by atoms with E-state index in [1.54, 1.807) is 12.1 Å². The van der Waals surface area contributed by atoms with Gasteiger partial charge in [-0.15, -0.1) is 0 Å². The van der Waals surface area contributed by atoms with Crippen LogP contribution in [0.2, 0.25) is 0 Å². The van der Waals surface area contributed by atoms with Gasteiger partial charge < -0.3 is 10.2 Å². The van der Waals surface area contributed by atoms with Crippen LogP contribution in [0.4, 0.5) is 0 Å². The number of aryl methyl sites for hydroxylation is 1. The zero-order valence-corrected chi connectivity index (χ0v) is 6.85. The van der Waals surface area contributed by atoms with Crippen molar-refractivity contribution in [2.75, 3.05) is 0 Å². The normalized spacial score (nSPS) is 10.6. The van der Waals surface area contributed by atoms with Crippen molar-refractivity contribution in [3.8, 4) is 0 Å². The zero-order chi connectivity index (χ0) is 8.27. The maximum absolute atomic E-state index is 8.24. The van der Waals surface area contributed by atoms with Crippen molar-refractivity contribution in [3.63, 3.8) is 0 Å². The molecule has 58 valence electrons. The van der Waals surface area contributed by atoms with Crippen molar-refractivity contribution in [2.24, 2.45) is 5.16 Å². The first-order chi connectivity index (χ1) is 5.24. The molecule has 0 unspecified atom stereocenters. The smallest absolute Gasteiger partial charge is 0.103 e. The molecule has 0 amide bonds. The number of aromatic nitrogens is 1. The number of oxime groups is 1. The van der Waals surface area contributed by atoms with Gasteiger partial charge in [-0.2, -0.15) is 0 Å². The van der Waals surface area contributed by atoms with Crippen LogP contribution in [0.3, 0.4) is 0 Å². The van der Waals surface area contributed by atoms with Crippen molar-refractivity contribution in [3.05, 3.63) is 28.0 Å². The molecule has 3 nitrogen and oxygen atoms in total. The van der Waals surface area contributed by atoms with Crippen molar-refractivity contribution in [1.29, 1.82) is 0 Å². The lowest BCUT2D eigenvalue weighted by atomic mass is 10.2. The molecule has 11 heavy (non-hydrogen) atoms. The first kappa shape index (κ1) is 7.94. The molecule has 0 aliphatic rings. The number of aromatic amines is 1. The Balaban J connectivity index is 3.19. The lowest BCUT2D eigenvalue weighted by Gasteiger charge is -1.96. The molecule has 0 atom stereocenters. The van der Waals surface area contributed by atoms with E-state index in [2.05, 4.69) is 10.1 Å². The van der Waals surface area contributed by atoms with E-state index >= 15 is 0 Å². The fourth-order valence-corrected chi connectivity index (χ4v) is 1.01. The molecule has 4 heteroatoms. The van der Waals surface area contributed by atoms with E-state index in [1.807, 2.05) is 6.92 Å². The molecule has 0 spiro atoms. The SMILES string of the molecule is Cc1[nH]c(=S)ccc1C=NO. The summed E-state index contributed by atoms with van der Waals surface area (Å²) < 4.78 is 0.678. The number of pyridine rings is 1. The Bertz CT molecular complexity index is 329. The molecule has 0 saturated heterocycles. The third kappa shape index (κ3) is 1.88. The second kappa shape index (κ2) is 3.30. The highest BCUT2D eigenvalue weighted by Gasteiger charge is 1.92. The summed E-state index contributed by atoms with van der Waals surface area (Å²) in [7, 11) is 0.